The number of piperazine rings is 1. The van der Waals surface area contributed by atoms with Crippen LogP contribution in [0.15, 0.2) is 6.33 Å². The molecule has 0 atom stereocenters. The lowest BCUT2D eigenvalue weighted by Gasteiger charge is -2.32. The number of anilines is 1. The summed E-state index contributed by atoms with van der Waals surface area (Å²) in [5.41, 5.74) is 0. The lowest BCUT2D eigenvalue weighted by Crippen LogP contribution is -2.49. The second kappa shape index (κ2) is 5.74. The van der Waals surface area contributed by atoms with Crippen molar-refractivity contribution in [2.24, 2.45) is 0 Å². The van der Waals surface area contributed by atoms with E-state index in [-0.39, 0.29) is 13.1 Å². The molecule has 1 aromatic rings. The first-order valence-electron chi connectivity index (χ1n) is 5.65. The molecule has 0 aromatic carbocycles. The summed E-state index contributed by atoms with van der Waals surface area (Å²) in [6.45, 7) is 1.52. The molecule has 0 radical (unpaired) electrons. The third kappa shape index (κ3) is 3.56. The van der Waals surface area contributed by atoms with Crippen LogP contribution in [0.2, 0.25) is 0 Å². The van der Waals surface area contributed by atoms with Crippen LogP contribution in [0.4, 0.5) is 5.95 Å². The van der Waals surface area contributed by atoms with Crippen molar-refractivity contribution < 1.29 is 17.7 Å². The van der Waals surface area contributed by atoms with Crippen LogP contribution in [-0.2, 0) is 21.6 Å². The minimum absolute atomic E-state index is 0.199. The van der Waals surface area contributed by atoms with Gasteiger partial charge < -0.3 is 9.64 Å². The average Bonchev–Trinajstić information content (AvgIpc) is 2.39. The lowest BCUT2D eigenvalue weighted by molar-refractivity contribution is 0.177. The first kappa shape index (κ1) is 14.1. The van der Waals surface area contributed by atoms with Crippen LogP contribution < -0.4 is 4.90 Å². The normalized spacial score (nSPS) is 17.7. The molecule has 1 fully saturated rings. The van der Waals surface area contributed by atoms with Crippen molar-refractivity contribution in [1.82, 2.24) is 19.3 Å². The monoisotopic (exact) mass is 289 g/mol. The summed E-state index contributed by atoms with van der Waals surface area (Å²) in [5, 5.41) is 0. The lowest BCUT2D eigenvalue weighted by atomic mass is 10.4. The number of methoxy groups -OCH3 is 1. The molecule has 9 nitrogen and oxygen atoms in total. The summed E-state index contributed by atoms with van der Waals surface area (Å²) in [6.07, 6.45) is 1.39. The highest BCUT2D eigenvalue weighted by Crippen LogP contribution is 2.12. The van der Waals surface area contributed by atoms with Crippen molar-refractivity contribution in [2.75, 3.05) is 38.2 Å². The van der Waals surface area contributed by atoms with Crippen LogP contribution in [0.3, 0.4) is 0 Å². The van der Waals surface area contributed by atoms with Gasteiger partial charge in [0.25, 0.3) is 0 Å². The SMILES string of the molecule is COCc1ncnc(N2CCN(S(=O)(=O)O)CC2)n1. The Hall–Kier alpha value is -1.36. The van der Waals surface area contributed by atoms with Gasteiger partial charge in [-0.05, 0) is 0 Å². The molecule has 0 amide bonds. The Balaban J connectivity index is 2.03. The Kier molecular flexibility index (Phi) is 4.24. The maximum absolute atomic E-state index is 11.0. The highest BCUT2D eigenvalue weighted by atomic mass is 32.2. The molecular weight excluding hydrogens is 274 g/mol. The second-order valence-corrected chi connectivity index (χ2v) is 5.41. The molecule has 0 unspecified atom stereocenters. The highest BCUT2D eigenvalue weighted by molar-refractivity contribution is 7.83. The summed E-state index contributed by atoms with van der Waals surface area (Å²) in [7, 11) is -2.56. The summed E-state index contributed by atoms with van der Waals surface area (Å²) >= 11 is 0. The Morgan fingerprint density at radius 2 is 2.00 bits per heavy atom. The predicted octanol–water partition coefficient (Wildman–Crippen LogP) is -1.06. The van der Waals surface area contributed by atoms with Crippen molar-refractivity contribution in [1.29, 1.82) is 0 Å². The third-order valence-corrected chi connectivity index (χ3v) is 3.75. The molecule has 1 aliphatic heterocycles. The van der Waals surface area contributed by atoms with Crippen molar-refractivity contribution >= 4 is 16.3 Å². The maximum atomic E-state index is 11.0. The zero-order valence-corrected chi connectivity index (χ0v) is 11.2. The number of rotatable bonds is 4. The van der Waals surface area contributed by atoms with Crippen molar-refractivity contribution in [3.05, 3.63) is 12.2 Å². The van der Waals surface area contributed by atoms with E-state index in [1.54, 1.807) is 7.11 Å². The van der Waals surface area contributed by atoms with E-state index in [9.17, 15) is 8.42 Å². The first-order chi connectivity index (χ1) is 9.00. The van der Waals surface area contributed by atoms with Crippen molar-refractivity contribution in [3.8, 4) is 0 Å². The molecule has 2 heterocycles. The maximum Gasteiger partial charge on any atom is 0.336 e. The minimum atomic E-state index is -4.11. The van der Waals surface area contributed by atoms with Gasteiger partial charge in [0, 0.05) is 33.3 Å². The minimum Gasteiger partial charge on any atom is -0.377 e. The van der Waals surface area contributed by atoms with Gasteiger partial charge in [-0.2, -0.15) is 17.7 Å². The highest BCUT2D eigenvalue weighted by Gasteiger charge is 2.26. The fourth-order valence-corrected chi connectivity index (χ4v) is 2.41. The molecule has 1 aliphatic rings. The first-order valence-corrected chi connectivity index (χ1v) is 7.05. The van der Waals surface area contributed by atoms with Gasteiger partial charge in [-0.1, -0.05) is 0 Å². The Bertz CT molecular complexity index is 529. The van der Waals surface area contributed by atoms with Crippen molar-refractivity contribution in [2.45, 2.75) is 6.61 Å². The Morgan fingerprint density at radius 1 is 1.32 bits per heavy atom. The van der Waals surface area contributed by atoms with Gasteiger partial charge >= 0.3 is 10.3 Å². The van der Waals surface area contributed by atoms with Crippen LogP contribution >= 0.6 is 0 Å². The summed E-state index contributed by atoms with van der Waals surface area (Å²) in [6, 6.07) is 0. The van der Waals surface area contributed by atoms with Crippen LogP contribution in [-0.4, -0.2) is 65.5 Å². The van der Waals surface area contributed by atoms with Gasteiger partial charge in [0.05, 0.1) is 0 Å². The molecule has 1 aromatic heterocycles. The summed E-state index contributed by atoms with van der Waals surface area (Å²) in [4.78, 5) is 14.1. The largest absolute Gasteiger partial charge is 0.377 e. The predicted molar refractivity (Wildman–Crippen MR) is 65.9 cm³/mol. The van der Waals surface area contributed by atoms with E-state index in [0.717, 1.165) is 4.31 Å². The zero-order valence-electron chi connectivity index (χ0n) is 10.4. The average molecular weight is 289 g/mol. The molecular formula is C9H15N5O4S. The number of aromatic nitrogens is 3. The molecule has 10 heteroatoms. The standard InChI is InChI=1S/C9H15N5O4S/c1-18-6-8-10-7-11-9(12-8)13-2-4-14(5-3-13)19(15,16)17/h7H,2-6H2,1H3,(H,15,16,17). The van der Waals surface area contributed by atoms with Gasteiger partial charge in [0.1, 0.15) is 12.9 Å². The zero-order chi connectivity index (χ0) is 13.9. The van der Waals surface area contributed by atoms with Gasteiger partial charge in [-0.25, -0.2) is 9.97 Å². The smallest absolute Gasteiger partial charge is 0.336 e. The quantitative estimate of drug-likeness (QED) is 0.699. The molecule has 0 bridgehead atoms. The Morgan fingerprint density at radius 3 is 2.58 bits per heavy atom. The number of nitrogens with zero attached hydrogens (tertiary/aromatic N) is 5. The summed E-state index contributed by atoms with van der Waals surface area (Å²) in [5.74, 6) is 1.00. The fraction of sp³-hybridized carbons (Fsp3) is 0.667. The summed E-state index contributed by atoms with van der Waals surface area (Å²) < 4.78 is 36.8. The van der Waals surface area contributed by atoms with Crippen LogP contribution in [0.1, 0.15) is 5.82 Å². The number of hydrogen-bond acceptors (Lipinski definition) is 7. The molecule has 106 valence electrons. The van der Waals surface area contributed by atoms with Crippen molar-refractivity contribution in [3.63, 3.8) is 0 Å². The molecule has 0 saturated carbocycles. The third-order valence-electron chi connectivity index (χ3n) is 2.73. The second-order valence-electron chi connectivity index (χ2n) is 4.00. The Labute approximate surface area is 111 Å². The van der Waals surface area contributed by atoms with Crippen LogP contribution in [0.25, 0.3) is 0 Å². The van der Waals surface area contributed by atoms with Crippen LogP contribution in [0.5, 0.6) is 0 Å². The fourth-order valence-electron chi connectivity index (χ4n) is 1.79. The van der Waals surface area contributed by atoms with E-state index in [0.29, 0.717) is 31.5 Å². The van der Waals surface area contributed by atoms with E-state index >= 15 is 0 Å². The topological polar surface area (TPSA) is 109 Å². The van der Waals surface area contributed by atoms with Gasteiger partial charge in [0.15, 0.2) is 5.82 Å². The van der Waals surface area contributed by atoms with Gasteiger partial charge in [-0.15, -0.1) is 0 Å². The van der Waals surface area contributed by atoms with Gasteiger partial charge in [0.2, 0.25) is 5.95 Å². The van der Waals surface area contributed by atoms with E-state index < -0.39 is 10.3 Å². The molecule has 1 saturated heterocycles. The van der Waals surface area contributed by atoms with E-state index in [1.165, 1.54) is 6.33 Å². The van der Waals surface area contributed by atoms with E-state index in [2.05, 4.69) is 15.0 Å². The molecule has 0 spiro atoms. The van der Waals surface area contributed by atoms with Crippen LogP contribution in [0, 0.1) is 0 Å². The van der Waals surface area contributed by atoms with E-state index in [1.807, 2.05) is 4.90 Å². The molecule has 19 heavy (non-hydrogen) atoms. The van der Waals surface area contributed by atoms with E-state index in [4.69, 9.17) is 9.29 Å². The number of ether oxygens (including phenoxy) is 1. The molecule has 2 rings (SSSR count). The molecule has 1 N–H and O–H groups in total. The molecule has 0 aliphatic carbocycles. The van der Waals surface area contributed by atoms with Gasteiger partial charge in [-0.3, -0.25) is 4.55 Å². The number of hydrogen-bond donors (Lipinski definition) is 1.